The number of non-ortho nitro benzene ring substituents is 1. The summed E-state index contributed by atoms with van der Waals surface area (Å²) in [6, 6.07) is 4.09. The van der Waals surface area contributed by atoms with Crippen LogP contribution in [0.5, 0.6) is 0 Å². The summed E-state index contributed by atoms with van der Waals surface area (Å²) in [4.78, 5) is 22.4. The minimum Gasteiger partial charge on any atom is -0.303 e. The Morgan fingerprint density at radius 3 is 2.46 bits per heavy atom. The Hall–Kier alpha value is -2.44. The molecule has 2 aromatic carbocycles. The van der Waals surface area contributed by atoms with Crippen LogP contribution in [-0.4, -0.2) is 37.8 Å². The number of benzene rings is 2. The Balaban J connectivity index is 2.37. The maximum absolute atomic E-state index is 12.9. The molecule has 1 unspecified atom stereocenters. The number of primary sulfonamides is 1. The second-order valence-electron chi connectivity index (χ2n) is 6.10. The monoisotopic (exact) mass is 437 g/mol. The molecule has 1 atom stereocenters. The van der Waals surface area contributed by atoms with Gasteiger partial charge in [0.25, 0.3) is 5.69 Å². The van der Waals surface area contributed by atoms with Crippen LogP contribution in [0.1, 0.15) is 11.5 Å². The van der Waals surface area contributed by atoms with Gasteiger partial charge in [-0.2, -0.15) is 13.2 Å². The molecular weight excluding hydrogens is 427 g/mol. The van der Waals surface area contributed by atoms with Crippen LogP contribution in [0.3, 0.4) is 0 Å². The lowest BCUT2D eigenvalue weighted by atomic mass is 9.95. The first-order chi connectivity index (χ1) is 12.9. The summed E-state index contributed by atoms with van der Waals surface area (Å²) in [6.45, 7) is -0.412. The number of sulfonamides is 1. The molecule has 0 spiro atoms. The molecule has 0 radical (unpaired) electrons. The average Bonchev–Trinajstić information content (AvgIpc) is 2.96. The summed E-state index contributed by atoms with van der Waals surface area (Å²) in [5, 5.41) is 16.5. The van der Waals surface area contributed by atoms with Crippen molar-refractivity contribution in [3.8, 4) is 0 Å². The van der Waals surface area contributed by atoms with Gasteiger partial charge in [0.2, 0.25) is 10.0 Å². The number of nitro benzene ring substituents is 1. The van der Waals surface area contributed by atoms with E-state index in [2.05, 4.69) is 0 Å². The van der Waals surface area contributed by atoms with Crippen LogP contribution < -0.4 is 10.0 Å². The van der Waals surface area contributed by atoms with Crippen molar-refractivity contribution in [3.63, 3.8) is 0 Å². The van der Waals surface area contributed by atoms with Gasteiger partial charge in [-0.3, -0.25) is 14.9 Å². The van der Waals surface area contributed by atoms with Crippen LogP contribution in [-0.2, 0) is 14.8 Å². The van der Waals surface area contributed by atoms with E-state index in [1.807, 2.05) is 0 Å². The molecule has 0 aromatic heterocycles. The van der Waals surface area contributed by atoms with Crippen LogP contribution in [0.25, 0.3) is 10.8 Å². The number of rotatable bonds is 3. The van der Waals surface area contributed by atoms with E-state index in [9.17, 15) is 36.5 Å². The van der Waals surface area contributed by atoms with Crippen molar-refractivity contribution >= 4 is 49.7 Å². The minimum absolute atomic E-state index is 0.125. The summed E-state index contributed by atoms with van der Waals surface area (Å²) in [6.07, 6.45) is -5.18. The lowest BCUT2D eigenvalue weighted by molar-refractivity contribution is -0.383. The topological polar surface area (TPSA) is 124 Å². The zero-order valence-corrected chi connectivity index (χ0v) is 15.3. The Labute approximate surface area is 160 Å². The highest BCUT2D eigenvalue weighted by Crippen LogP contribution is 2.46. The van der Waals surface area contributed by atoms with Gasteiger partial charge < -0.3 is 4.90 Å². The second kappa shape index (κ2) is 6.57. The van der Waals surface area contributed by atoms with Gasteiger partial charge >= 0.3 is 12.1 Å². The maximum Gasteiger partial charge on any atom is 0.471 e. The normalized spacial score (nSPS) is 17.0. The van der Waals surface area contributed by atoms with Gasteiger partial charge in [-0.15, -0.1) is 11.6 Å². The van der Waals surface area contributed by atoms with Crippen LogP contribution in [0.4, 0.5) is 24.5 Å². The minimum atomic E-state index is -5.18. The Morgan fingerprint density at radius 2 is 1.96 bits per heavy atom. The van der Waals surface area contributed by atoms with E-state index in [4.69, 9.17) is 16.7 Å². The van der Waals surface area contributed by atoms with Crippen molar-refractivity contribution in [2.45, 2.75) is 17.0 Å². The number of nitrogens with zero attached hydrogens (tertiary/aromatic N) is 2. The van der Waals surface area contributed by atoms with Gasteiger partial charge in [-0.1, -0.05) is 6.07 Å². The lowest BCUT2D eigenvalue weighted by Crippen LogP contribution is -2.40. The summed E-state index contributed by atoms with van der Waals surface area (Å²) in [5.74, 6) is -3.05. The predicted molar refractivity (Wildman–Crippen MR) is 93.8 cm³/mol. The highest BCUT2D eigenvalue weighted by atomic mass is 35.5. The molecule has 28 heavy (non-hydrogen) atoms. The molecule has 8 nitrogen and oxygen atoms in total. The molecule has 13 heteroatoms. The molecule has 0 aliphatic carbocycles. The first kappa shape index (κ1) is 20.3. The third-order valence-electron chi connectivity index (χ3n) is 4.41. The predicted octanol–water partition coefficient (Wildman–Crippen LogP) is 2.63. The van der Waals surface area contributed by atoms with E-state index >= 15 is 0 Å². The number of carbonyl (C=O) groups is 1. The summed E-state index contributed by atoms with van der Waals surface area (Å²) in [5.41, 5.74) is -0.737. The van der Waals surface area contributed by atoms with E-state index in [1.165, 1.54) is 6.07 Å². The van der Waals surface area contributed by atoms with E-state index in [-0.39, 0.29) is 27.9 Å². The van der Waals surface area contributed by atoms with Crippen molar-refractivity contribution in [1.82, 2.24) is 0 Å². The number of anilines is 1. The molecule has 150 valence electrons. The molecule has 2 aromatic rings. The first-order valence-electron chi connectivity index (χ1n) is 7.58. The van der Waals surface area contributed by atoms with E-state index in [0.29, 0.717) is 4.90 Å². The largest absolute Gasteiger partial charge is 0.471 e. The summed E-state index contributed by atoms with van der Waals surface area (Å²) >= 11 is 5.86. The Morgan fingerprint density at radius 1 is 1.32 bits per heavy atom. The highest BCUT2D eigenvalue weighted by molar-refractivity contribution is 7.89. The molecule has 1 aliphatic heterocycles. The molecule has 0 saturated carbocycles. The standard InChI is InChI=1S/C15H11ClF3N3O5S/c16-5-7-6-21(14(23)15(17,18)19)12-4-11(22(24)25)10-3-8(28(20,26)27)1-2-9(10)13(7)12/h1-4,7H,5-6H2,(H2,20,26,27). The average molecular weight is 438 g/mol. The zero-order chi connectivity index (χ0) is 21.0. The zero-order valence-electron chi connectivity index (χ0n) is 13.7. The molecular formula is C15H11ClF3N3O5S. The number of nitrogens with two attached hydrogens (primary N) is 1. The van der Waals surface area contributed by atoms with E-state index in [1.54, 1.807) is 0 Å². The van der Waals surface area contributed by atoms with Crippen molar-refractivity contribution in [2.75, 3.05) is 17.3 Å². The molecule has 0 saturated heterocycles. The molecule has 1 heterocycles. The number of carbonyl (C=O) groups excluding carboxylic acids is 1. The van der Waals surface area contributed by atoms with Crippen LogP contribution in [0.15, 0.2) is 29.2 Å². The van der Waals surface area contributed by atoms with Crippen LogP contribution in [0, 0.1) is 10.1 Å². The van der Waals surface area contributed by atoms with E-state index in [0.717, 1.165) is 18.2 Å². The Kier molecular flexibility index (Phi) is 4.76. The summed E-state index contributed by atoms with van der Waals surface area (Å²) < 4.78 is 62.0. The first-order valence-corrected chi connectivity index (χ1v) is 9.67. The Bertz CT molecular complexity index is 1120. The van der Waals surface area contributed by atoms with Gasteiger partial charge in [0.1, 0.15) is 0 Å². The number of hydrogen-bond acceptors (Lipinski definition) is 5. The van der Waals surface area contributed by atoms with Gasteiger partial charge in [-0.05, 0) is 23.1 Å². The van der Waals surface area contributed by atoms with Gasteiger partial charge in [-0.25, -0.2) is 13.6 Å². The van der Waals surface area contributed by atoms with Crippen molar-refractivity contribution < 1.29 is 31.3 Å². The van der Waals surface area contributed by atoms with Gasteiger partial charge in [0.15, 0.2) is 0 Å². The van der Waals surface area contributed by atoms with Gasteiger partial charge in [0, 0.05) is 24.4 Å². The quantitative estimate of drug-likeness (QED) is 0.449. The number of amides is 1. The smallest absolute Gasteiger partial charge is 0.303 e. The molecule has 0 bridgehead atoms. The number of hydrogen-bond donors (Lipinski definition) is 1. The highest BCUT2D eigenvalue weighted by Gasteiger charge is 2.47. The molecule has 2 N–H and O–H groups in total. The fraction of sp³-hybridized carbons (Fsp3) is 0.267. The van der Waals surface area contributed by atoms with Crippen molar-refractivity contribution in [1.29, 1.82) is 0 Å². The van der Waals surface area contributed by atoms with Crippen molar-refractivity contribution in [3.05, 3.63) is 39.9 Å². The fourth-order valence-electron chi connectivity index (χ4n) is 3.25. The number of nitro groups is 1. The number of fused-ring (bicyclic) bond motifs is 3. The van der Waals surface area contributed by atoms with E-state index < -0.39 is 50.1 Å². The molecule has 0 fully saturated rings. The number of alkyl halides is 4. The third-order valence-corrected chi connectivity index (χ3v) is 5.69. The summed E-state index contributed by atoms with van der Waals surface area (Å²) in [7, 11) is -4.18. The second-order valence-corrected chi connectivity index (χ2v) is 7.97. The third kappa shape index (κ3) is 3.27. The van der Waals surface area contributed by atoms with Gasteiger partial charge in [0.05, 0.1) is 20.9 Å². The van der Waals surface area contributed by atoms with Crippen molar-refractivity contribution in [2.24, 2.45) is 5.14 Å². The van der Waals surface area contributed by atoms with Crippen LogP contribution in [0.2, 0.25) is 0 Å². The number of halogens is 4. The van der Waals surface area contributed by atoms with Crippen LogP contribution >= 0.6 is 11.6 Å². The molecule has 1 amide bonds. The maximum atomic E-state index is 12.9. The molecule has 1 aliphatic rings. The SMILES string of the molecule is NS(=O)(=O)c1ccc2c3c(cc([N+](=O)[O-])c2c1)N(C(=O)C(F)(F)F)CC3CCl. The molecule has 3 rings (SSSR count). The fourth-order valence-corrected chi connectivity index (χ4v) is 4.05. The lowest BCUT2D eigenvalue weighted by Gasteiger charge is -2.19.